The number of amidine groups is 1. The summed E-state index contributed by atoms with van der Waals surface area (Å²) in [5.74, 6) is 0.0856. The first-order valence-electron chi connectivity index (χ1n) is 6.69. The van der Waals surface area contributed by atoms with Gasteiger partial charge in [0.1, 0.15) is 10.9 Å². The molecule has 2 aromatic heterocycles. The average molecular weight is 284 g/mol. The molecule has 0 radical (unpaired) electrons. The van der Waals surface area contributed by atoms with Gasteiger partial charge in [0.2, 0.25) is 0 Å². The Kier molecular flexibility index (Phi) is 3.69. The zero-order chi connectivity index (χ0) is 13.9. The summed E-state index contributed by atoms with van der Waals surface area (Å²) in [4.78, 5) is 9.83. The van der Waals surface area contributed by atoms with E-state index in [4.69, 9.17) is 16.1 Å². The molecule has 4 nitrogen and oxygen atoms in total. The van der Waals surface area contributed by atoms with Gasteiger partial charge in [0.05, 0.1) is 0 Å². The molecular weight excluding hydrogens is 268 g/mol. The lowest BCUT2D eigenvalue weighted by molar-refractivity contribution is 0.660. The minimum absolute atomic E-state index is 0.0856. The number of nitrogens with one attached hydrogen (secondary N) is 1. The lowest BCUT2D eigenvalue weighted by Gasteiger charge is -2.18. The lowest BCUT2D eigenvalue weighted by atomic mass is 9.95. The molecule has 0 aliphatic heterocycles. The molecule has 1 aliphatic carbocycles. The van der Waals surface area contributed by atoms with E-state index in [1.807, 2.05) is 18.2 Å². The van der Waals surface area contributed by atoms with E-state index in [-0.39, 0.29) is 5.84 Å². The molecule has 20 heavy (non-hydrogen) atoms. The highest BCUT2D eigenvalue weighted by Crippen LogP contribution is 2.31. The number of hydrogen-bond donors (Lipinski definition) is 2. The number of rotatable bonds is 3. The summed E-state index contributed by atoms with van der Waals surface area (Å²) in [6.07, 6.45) is 7.98. The Morgan fingerprint density at radius 1 is 1.20 bits per heavy atom. The molecule has 0 aromatic carbocycles. The minimum atomic E-state index is 0.0856. The molecule has 2 heterocycles. The Hall–Kier alpha value is -1.88. The highest BCUT2D eigenvalue weighted by atomic mass is 32.2. The van der Waals surface area contributed by atoms with Crippen molar-refractivity contribution >= 4 is 17.6 Å². The maximum atomic E-state index is 7.77. The van der Waals surface area contributed by atoms with Gasteiger partial charge in [-0.1, -0.05) is 11.8 Å². The Morgan fingerprint density at radius 3 is 2.70 bits per heavy atom. The Bertz CT molecular complexity index is 640. The number of pyridine rings is 2. The summed E-state index contributed by atoms with van der Waals surface area (Å²) in [5, 5.41) is 8.59. The van der Waals surface area contributed by atoms with Crippen LogP contribution in [0.5, 0.6) is 0 Å². The van der Waals surface area contributed by atoms with Crippen LogP contribution in [-0.4, -0.2) is 15.8 Å². The lowest BCUT2D eigenvalue weighted by Crippen LogP contribution is -2.16. The van der Waals surface area contributed by atoms with Crippen molar-refractivity contribution in [1.82, 2.24) is 9.97 Å². The highest BCUT2D eigenvalue weighted by Gasteiger charge is 2.17. The number of aromatic nitrogens is 2. The van der Waals surface area contributed by atoms with Gasteiger partial charge in [-0.2, -0.15) is 0 Å². The largest absolute Gasteiger partial charge is 0.384 e. The van der Waals surface area contributed by atoms with Crippen molar-refractivity contribution in [2.45, 2.75) is 35.6 Å². The van der Waals surface area contributed by atoms with E-state index in [0.29, 0.717) is 0 Å². The fraction of sp³-hybridized carbons (Fsp3) is 0.267. The number of nitrogen functional groups attached to an aromatic ring is 1. The van der Waals surface area contributed by atoms with Crippen LogP contribution in [0.15, 0.2) is 40.5 Å². The van der Waals surface area contributed by atoms with Crippen molar-refractivity contribution in [3.8, 4) is 0 Å². The molecule has 3 rings (SSSR count). The van der Waals surface area contributed by atoms with Crippen LogP contribution < -0.4 is 5.73 Å². The Balaban J connectivity index is 2.02. The van der Waals surface area contributed by atoms with E-state index in [9.17, 15) is 0 Å². The fourth-order valence-electron chi connectivity index (χ4n) is 2.40. The third-order valence-corrected chi connectivity index (χ3v) is 4.43. The van der Waals surface area contributed by atoms with Gasteiger partial charge in [-0.3, -0.25) is 10.4 Å². The summed E-state index contributed by atoms with van der Waals surface area (Å²) >= 11 is 1.54. The predicted octanol–water partition coefficient (Wildman–Crippen LogP) is 2.79. The van der Waals surface area contributed by atoms with Crippen molar-refractivity contribution in [3.05, 3.63) is 47.4 Å². The molecule has 0 atom stereocenters. The molecule has 0 spiro atoms. The van der Waals surface area contributed by atoms with E-state index in [1.54, 1.807) is 24.2 Å². The van der Waals surface area contributed by atoms with Crippen molar-refractivity contribution in [2.75, 3.05) is 0 Å². The van der Waals surface area contributed by atoms with Crippen LogP contribution >= 0.6 is 11.8 Å². The molecule has 3 N–H and O–H groups in total. The molecule has 102 valence electrons. The van der Waals surface area contributed by atoms with E-state index in [0.717, 1.165) is 34.0 Å². The molecule has 0 saturated carbocycles. The smallest absolute Gasteiger partial charge is 0.125 e. The minimum Gasteiger partial charge on any atom is -0.384 e. The SMILES string of the molecule is N=C(N)c1cc2c(nc1Sc1ccncc1)CCCC2. The average Bonchev–Trinajstić information content (AvgIpc) is 2.47. The van der Waals surface area contributed by atoms with E-state index >= 15 is 0 Å². The van der Waals surface area contributed by atoms with Gasteiger partial charge in [-0.25, -0.2) is 4.98 Å². The van der Waals surface area contributed by atoms with Crippen LogP contribution in [0.3, 0.4) is 0 Å². The van der Waals surface area contributed by atoms with Crippen LogP contribution in [-0.2, 0) is 12.8 Å². The maximum Gasteiger partial charge on any atom is 0.125 e. The number of fused-ring (bicyclic) bond motifs is 1. The molecule has 5 heteroatoms. The molecule has 0 saturated heterocycles. The first-order chi connectivity index (χ1) is 9.74. The molecule has 2 aromatic rings. The summed E-state index contributed by atoms with van der Waals surface area (Å²) in [6.45, 7) is 0. The quantitative estimate of drug-likeness (QED) is 0.671. The molecule has 0 fully saturated rings. The van der Waals surface area contributed by atoms with Crippen LogP contribution in [0, 0.1) is 5.41 Å². The maximum absolute atomic E-state index is 7.77. The number of nitrogens with zero attached hydrogens (tertiary/aromatic N) is 2. The second-order valence-electron chi connectivity index (χ2n) is 4.85. The van der Waals surface area contributed by atoms with Crippen LogP contribution in [0.4, 0.5) is 0 Å². The van der Waals surface area contributed by atoms with Gasteiger partial charge in [-0.05, 0) is 49.4 Å². The monoisotopic (exact) mass is 284 g/mol. The number of aryl methyl sites for hydroxylation is 2. The van der Waals surface area contributed by atoms with Crippen LogP contribution in [0.1, 0.15) is 29.7 Å². The summed E-state index contributed by atoms with van der Waals surface area (Å²) in [6, 6.07) is 5.93. The zero-order valence-electron chi connectivity index (χ0n) is 11.1. The predicted molar refractivity (Wildman–Crippen MR) is 80.3 cm³/mol. The second-order valence-corrected chi connectivity index (χ2v) is 5.91. The van der Waals surface area contributed by atoms with Crippen LogP contribution in [0.25, 0.3) is 0 Å². The van der Waals surface area contributed by atoms with Crippen molar-refractivity contribution in [2.24, 2.45) is 5.73 Å². The second kappa shape index (κ2) is 5.63. The van der Waals surface area contributed by atoms with E-state index < -0.39 is 0 Å². The third kappa shape index (κ3) is 2.67. The van der Waals surface area contributed by atoms with Gasteiger partial charge < -0.3 is 5.73 Å². The van der Waals surface area contributed by atoms with Crippen LogP contribution in [0.2, 0.25) is 0 Å². The first-order valence-corrected chi connectivity index (χ1v) is 7.51. The summed E-state index contributed by atoms with van der Waals surface area (Å²) in [5.41, 5.74) is 8.88. The van der Waals surface area contributed by atoms with Crippen molar-refractivity contribution < 1.29 is 0 Å². The normalized spacial score (nSPS) is 13.8. The molecule has 0 unspecified atom stereocenters. The summed E-state index contributed by atoms with van der Waals surface area (Å²) in [7, 11) is 0. The molecule has 0 bridgehead atoms. The fourth-order valence-corrected chi connectivity index (χ4v) is 3.32. The van der Waals surface area contributed by atoms with Crippen molar-refractivity contribution in [1.29, 1.82) is 5.41 Å². The highest BCUT2D eigenvalue weighted by molar-refractivity contribution is 7.99. The summed E-state index contributed by atoms with van der Waals surface area (Å²) < 4.78 is 0. The Morgan fingerprint density at radius 2 is 1.95 bits per heavy atom. The van der Waals surface area contributed by atoms with Gasteiger partial charge >= 0.3 is 0 Å². The zero-order valence-corrected chi connectivity index (χ0v) is 11.9. The molecule has 0 amide bonds. The third-order valence-electron chi connectivity index (χ3n) is 3.42. The van der Waals surface area contributed by atoms with Gasteiger partial charge in [0.15, 0.2) is 0 Å². The van der Waals surface area contributed by atoms with E-state index in [1.165, 1.54) is 18.4 Å². The first kappa shape index (κ1) is 13.1. The molecular formula is C15H16N4S. The van der Waals surface area contributed by atoms with Gasteiger partial charge in [-0.15, -0.1) is 0 Å². The Labute approximate surface area is 122 Å². The van der Waals surface area contributed by atoms with Gasteiger partial charge in [0.25, 0.3) is 0 Å². The van der Waals surface area contributed by atoms with Crippen molar-refractivity contribution in [3.63, 3.8) is 0 Å². The molecule has 1 aliphatic rings. The van der Waals surface area contributed by atoms with E-state index in [2.05, 4.69) is 4.98 Å². The van der Waals surface area contributed by atoms with Gasteiger partial charge in [0, 0.05) is 28.5 Å². The topological polar surface area (TPSA) is 75.7 Å². The standard InChI is InChI=1S/C15H16N4S/c16-14(17)12-9-10-3-1-2-4-13(10)19-15(12)20-11-5-7-18-8-6-11/h5-9H,1-4H2,(H3,16,17). The number of hydrogen-bond acceptors (Lipinski definition) is 4. The number of nitrogens with two attached hydrogens (primary N) is 1.